The Balaban J connectivity index is 0.969. The Morgan fingerprint density at radius 1 is 0.904 bits per heavy atom. The SMILES string of the molecule is CCc1c2c(nc3ccc(OC(=O)N(C)CCN(C)C(=O)OCc4ccc(NC(=O)[C@H](CCCNC(N)=O)NC(=O)[C@@H](NC(=O)OCCSSC(C)(C)COC(=O)C(C)C)C(C)C)cc4)cc13)-c1cc3c(c(=O)n1C2)COC(=O)[C@]3(O)CC. The zero-order valence-corrected chi connectivity index (χ0v) is 50.1. The number of hydrogen-bond donors (Lipinski definition) is 6. The van der Waals surface area contributed by atoms with Gasteiger partial charge >= 0.3 is 36.2 Å². The molecule has 0 fully saturated rings. The Labute approximate surface area is 489 Å². The minimum atomic E-state index is -1.95. The molecule has 4 heterocycles. The van der Waals surface area contributed by atoms with Crippen molar-refractivity contribution < 1.29 is 67.1 Å². The number of rotatable bonds is 26. The summed E-state index contributed by atoms with van der Waals surface area (Å²) in [6, 6.07) is 10.3. The fraction of sp³-hybridized carbons (Fsp3) is 0.509. The van der Waals surface area contributed by atoms with Crippen LogP contribution >= 0.6 is 21.6 Å². The van der Waals surface area contributed by atoms with Gasteiger partial charge in [-0.3, -0.25) is 19.2 Å². The molecule has 0 radical (unpaired) electrons. The molecule has 6 rings (SSSR count). The van der Waals surface area contributed by atoms with Gasteiger partial charge in [-0.1, -0.05) is 75.3 Å². The summed E-state index contributed by atoms with van der Waals surface area (Å²) in [5.41, 5.74) is 7.66. The number of nitrogens with two attached hydrogens (primary N) is 1. The predicted molar refractivity (Wildman–Crippen MR) is 312 cm³/mol. The molecule has 0 bridgehead atoms. The largest absolute Gasteiger partial charge is 0.464 e. The van der Waals surface area contributed by atoms with E-state index in [0.717, 1.165) is 16.5 Å². The number of alkyl carbamates (subject to hydrolysis) is 1. The molecule has 450 valence electrons. The van der Waals surface area contributed by atoms with Crippen LogP contribution in [0.5, 0.6) is 5.75 Å². The summed E-state index contributed by atoms with van der Waals surface area (Å²) < 4.78 is 28.4. The summed E-state index contributed by atoms with van der Waals surface area (Å²) in [6.07, 6.45) is -1.22. The number of fused-ring (bicyclic) bond motifs is 5. The molecule has 3 atom stereocenters. The number of cyclic esters (lactones) is 1. The molecule has 7 N–H and O–H groups in total. The van der Waals surface area contributed by atoms with E-state index in [0.29, 0.717) is 40.3 Å². The van der Waals surface area contributed by atoms with Crippen molar-refractivity contribution in [2.24, 2.45) is 17.6 Å². The highest BCUT2D eigenvalue weighted by Gasteiger charge is 2.45. The number of benzene rings is 2. The van der Waals surface area contributed by atoms with Crippen LogP contribution in [0.1, 0.15) is 102 Å². The maximum Gasteiger partial charge on any atom is 0.415 e. The van der Waals surface area contributed by atoms with Crippen LogP contribution in [-0.4, -0.2) is 142 Å². The van der Waals surface area contributed by atoms with E-state index in [2.05, 4.69) is 21.3 Å². The number of hydrogen-bond acceptors (Lipinski definition) is 18. The van der Waals surface area contributed by atoms with Gasteiger partial charge in [-0.05, 0) is 93.0 Å². The third-order valence-electron chi connectivity index (χ3n) is 13.9. The molecule has 7 amide bonds. The van der Waals surface area contributed by atoms with Crippen LogP contribution in [0, 0.1) is 11.8 Å². The van der Waals surface area contributed by atoms with Gasteiger partial charge < -0.3 is 70.2 Å². The number of likely N-dealkylation sites (N-methyl/N-ethyl adjacent to an activating group) is 2. The zero-order chi connectivity index (χ0) is 60.9. The third-order valence-corrected chi connectivity index (χ3v) is 17.1. The first kappa shape index (κ1) is 64.6. The second-order valence-corrected chi connectivity index (χ2v) is 24.6. The average Bonchev–Trinajstić information content (AvgIpc) is 2.97. The van der Waals surface area contributed by atoms with E-state index in [1.54, 1.807) is 87.7 Å². The Morgan fingerprint density at radius 2 is 1.60 bits per heavy atom. The molecule has 26 heteroatoms. The number of aryl methyl sites for hydroxylation is 1. The van der Waals surface area contributed by atoms with E-state index >= 15 is 0 Å². The molecule has 24 nitrogen and oxygen atoms in total. The Hall–Kier alpha value is -7.58. The zero-order valence-electron chi connectivity index (χ0n) is 48.5. The number of aromatic nitrogens is 2. The lowest BCUT2D eigenvalue weighted by molar-refractivity contribution is -0.172. The minimum absolute atomic E-state index is 0.0248. The summed E-state index contributed by atoms with van der Waals surface area (Å²) >= 11 is 0. The van der Waals surface area contributed by atoms with Gasteiger partial charge in [0.15, 0.2) is 5.60 Å². The predicted octanol–water partition coefficient (Wildman–Crippen LogP) is 6.32. The normalized spacial score (nSPS) is 15.0. The van der Waals surface area contributed by atoms with Crippen LogP contribution < -0.4 is 37.3 Å². The van der Waals surface area contributed by atoms with Crippen LogP contribution in [0.3, 0.4) is 0 Å². The molecule has 0 saturated carbocycles. The smallest absolute Gasteiger partial charge is 0.415 e. The fourth-order valence-electron chi connectivity index (χ4n) is 9.00. The monoisotopic (exact) mass is 1190 g/mol. The number of carbonyl (C=O) groups is 8. The molecule has 2 aromatic carbocycles. The van der Waals surface area contributed by atoms with Gasteiger partial charge in [0.05, 0.1) is 39.7 Å². The number of urea groups is 1. The summed E-state index contributed by atoms with van der Waals surface area (Å²) in [6.45, 7) is 14.9. The lowest BCUT2D eigenvalue weighted by Crippen LogP contribution is -2.54. The van der Waals surface area contributed by atoms with Crippen LogP contribution in [0.4, 0.5) is 24.9 Å². The van der Waals surface area contributed by atoms with Gasteiger partial charge in [-0.25, -0.2) is 29.0 Å². The quantitative estimate of drug-likeness (QED) is 0.0153. The van der Waals surface area contributed by atoms with Gasteiger partial charge in [0.25, 0.3) is 5.56 Å². The number of carbonyl (C=O) groups excluding carboxylic acids is 8. The molecule has 0 saturated heterocycles. The maximum atomic E-state index is 13.8. The van der Waals surface area contributed by atoms with E-state index in [-0.39, 0.29) is 111 Å². The van der Waals surface area contributed by atoms with E-state index < -0.39 is 65.7 Å². The number of amides is 7. The average molecular weight is 1190 g/mol. The van der Waals surface area contributed by atoms with Crippen LogP contribution in [0.15, 0.2) is 53.3 Å². The number of esters is 2. The van der Waals surface area contributed by atoms with Gasteiger partial charge in [0.1, 0.15) is 44.3 Å². The number of primary amides is 1. The molecule has 2 aromatic heterocycles. The van der Waals surface area contributed by atoms with Gasteiger partial charge in [-0.15, -0.1) is 0 Å². The van der Waals surface area contributed by atoms with Crippen molar-refractivity contribution in [1.82, 2.24) is 35.3 Å². The van der Waals surface area contributed by atoms with Crippen molar-refractivity contribution in [3.63, 3.8) is 0 Å². The van der Waals surface area contributed by atoms with Crippen molar-refractivity contribution >= 4 is 86.2 Å². The second-order valence-electron chi connectivity index (χ2n) is 21.4. The lowest BCUT2D eigenvalue weighted by atomic mass is 9.86. The number of anilines is 1. The molecule has 0 aliphatic carbocycles. The minimum Gasteiger partial charge on any atom is -0.464 e. The lowest BCUT2D eigenvalue weighted by Gasteiger charge is -2.31. The van der Waals surface area contributed by atoms with E-state index in [1.165, 1.54) is 45.5 Å². The highest BCUT2D eigenvalue weighted by atomic mass is 33.1. The Kier molecular flexibility index (Phi) is 22.3. The number of ether oxygens (including phenoxy) is 5. The summed E-state index contributed by atoms with van der Waals surface area (Å²) in [7, 11) is 5.98. The highest BCUT2D eigenvalue weighted by molar-refractivity contribution is 8.77. The van der Waals surface area contributed by atoms with Crippen LogP contribution in [0.25, 0.3) is 22.3 Å². The topological polar surface area (TPSA) is 318 Å². The first-order valence-corrected chi connectivity index (χ1v) is 29.7. The molecule has 83 heavy (non-hydrogen) atoms. The van der Waals surface area contributed by atoms with Gasteiger partial charge in [0.2, 0.25) is 11.8 Å². The number of nitrogens with one attached hydrogen (secondary N) is 4. The first-order valence-electron chi connectivity index (χ1n) is 27.3. The molecular weight excluding hydrogens is 1110 g/mol. The molecule has 0 spiro atoms. The summed E-state index contributed by atoms with van der Waals surface area (Å²) in [4.78, 5) is 124. The maximum absolute atomic E-state index is 13.8. The third kappa shape index (κ3) is 16.6. The summed E-state index contributed by atoms with van der Waals surface area (Å²) in [5.74, 6) is -2.25. The van der Waals surface area contributed by atoms with Crippen molar-refractivity contribution in [3.8, 4) is 17.1 Å². The molecular formula is C57H75N9O15S2. The van der Waals surface area contributed by atoms with Crippen molar-refractivity contribution in [1.29, 1.82) is 0 Å². The van der Waals surface area contributed by atoms with Crippen LogP contribution in [-0.2, 0) is 69.9 Å². The van der Waals surface area contributed by atoms with E-state index in [4.69, 9.17) is 34.4 Å². The Bertz CT molecular complexity index is 3140. The fourth-order valence-corrected chi connectivity index (χ4v) is 11.2. The number of aliphatic hydroxyl groups is 1. The van der Waals surface area contributed by atoms with Gasteiger partial charge in [-0.2, -0.15) is 0 Å². The molecule has 2 aliphatic heterocycles. The van der Waals surface area contributed by atoms with Crippen LogP contribution in [0.2, 0.25) is 0 Å². The Morgan fingerprint density at radius 3 is 2.25 bits per heavy atom. The standard InChI is InChI=1S/C57H75N9O15S2/c1-11-37-38-26-36(19-20-42(38)61-46-39(37)28-66-44(46)27-41-40(49(66)69)30-78-51(71)57(41,76)12-2)81-55(75)65(10)23-22-64(9)54(74)79-29-34-15-17-35(18-16-34)60-47(67)43(14-13-21-59-52(58)72)62-48(68)45(32(3)4)63-53(73)77-24-25-82-83-56(7,8)31-80-50(70)33(5)6/h15-20,26-27,32-33,43,45,76H,11-14,21-25,28-31H2,1-10H3,(H,60,67)(H,62,68)(H,63,73)(H3,58,59,72)/t43-,45-,57-/m0/s1. The van der Waals surface area contributed by atoms with Crippen molar-refractivity contribution in [2.45, 2.75) is 123 Å². The van der Waals surface area contributed by atoms with E-state index in [9.17, 15) is 48.3 Å². The van der Waals surface area contributed by atoms with Crippen molar-refractivity contribution in [3.05, 3.63) is 86.7 Å². The van der Waals surface area contributed by atoms with Gasteiger partial charge in [0, 0.05) is 61.7 Å². The highest BCUT2D eigenvalue weighted by Crippen LogP contribution is 2.41. The number of nitrogens with zero attached hydrogens (tertiary/aromatic N) is 4. The second kappa shape index (κ2) is 28.6. The summed E-state index contributed by atoms with van der Waals surface area (Å²) in [5, 5.41) is 22.6. The first-order chi connectivity index (χ1) is 39.3. The molecule has 4 aromatic rings. The van der Waals surface area contributed by atoms with E-state index in [1.807, 2.05) is 20.8 Å². The molecule has 2 aliphatic rings. The van der Waals surface area contributed by atoms with Crippen molar-refractivity contribution in [2.75, 3.05) is 58.0 Å². The molecule has 0 unspecified atom stereocenters. The number of pyridine rings is 2.